The number of rotatable bonds is 5. The van der Waals surface area contributed by atoms with Crippen molar-refractivity contribution in [3.8, 4) is 78.7 Å². The monoisotopic (exact) mass is 823 g/mol. The molecule has 306 valence electrons. The molecule has 0 aliphatic heterocycles. The molecule has 0 bridgehead atoms. The maximum absolute atomic E-state index is 6.83. The first-order chi connectivity index (χ1) is 31.4. The van der Waals surface area contributed by atoms with E-state index in [1.165, 1.54) is 93.3 Å². The Balaban J connectivity index is 0.955. The third kappa shape index (κ3) is 5.51. The van der Waals surface area contributed by atoms with Gasteiger partial charge in [0.2, 0.25) is 0 Å². The Bertz CT molecular complexity index is 3490. The van der Waals surface area contributed by atoms with Crippen molar-refractivity contribution < 1.29 is 4.42 Å². The summed E-state index contributed by atoms with van der Waals surface area (Å²) in [7, 11) is 0. The smallest absolute Gasteiger partial charge is 0.167 e. The average Bonchev–Trinajstić information content (AvgIpc) is 3.94. The highest BCUT2D eigenvalue weighted by molar-refractivity contribution is 6.11. The normalized spacial score (nSPS) is 15.3. The van der Waals surface area contributed by atoms with Crippen molar-refractivity contribution in [2.45, 2.75) is 56.8 Å². The second kappa shape index (κ2) is 14.0. The lowest BCUT2D eigenvalue weighted by molar-refractivity contribution is 0.353. The molecule has 2 aromatic heterocycles. The molecule has 64 heavy (non-hydrogen) atoms. The Kier molecular flexibility index (Phi) is 8.15. The number of hydrogen-bond donors (Lipinski definition) is 0. The molecule has 1 fully saturated rings. The standard InChI is InChI=1S/C60H45N3O/c1-59(2)49-24-11-10-20-43(49)46-35-52-48(36-51(46)59)54-42(21-15-25-50(54)60(52)32-12-5-13-33-60)41-30-31-53-47(34-41)44-22-14-23-45(55(44)64-53)58-62-56(39-18-8-4-9-19-39)61-57(63-58)40-28-26-38(27-29-40)37-16-6-3-7-17-37/h3-4,6-11,14-31,34-36H,5,12-13,32-33H2,1-2H3. The summed E-state index contributed by atoms with van der Waals surface area (Å²) in [5, 5.41) is 2.12. The fraction of sp³-hybridized carbons (Fsp3) is 0.150. The summed E-state index contributed by atoms with van der Waals surface area (Å²) in [6, 6.07) is 63.5. The number of hydrogen-bond acceptors (Lipinski definition) is 4. The number of fused-ring (bicyclic) bond motifs is 11. The van der Waals surface area contributed by atoms with Gasteiger partial charge in [0.05, 0.1) is 5.56 Å². The first-order valence-corrected chi connectivity index (χ1v) is 22.8. The molecule has 3 aliphatic carbocycles. The van der Waals surface area contributed by atoms with Gasteiger partial charge < -0.3 is 4.42 Å². The number of nitrogens with zero attached hydrogens (tertiary/aromatic N) is 3. The third-order valence-corrected chi connectivity index (χ3v) is 14.8. The van der Waals surface area contributed by atoms with E-state index in [-0.39, 0.29) is 10.8 Å². The molecule has 10 aromatic rings. The Labute approximate surface area is 373 Å². The van der Waals surface area contributed by atoms with E-state index in [0.29, 0.717) is 17.5 Å². The molecular formula is C60H45N3O. The van der Waals surface area contributed by atoms with Crippen LogP contribution in [0.15, 0.2) is 180 Å². The van der Waals surface area contributed by atoms with Crippen LogP contribution in [0.5, 0.6) is 0 Å². The number of aromatic nitrogens is 3. The number of benzene rings is 8. The zero-order chi connectivity index (χ0) is 42.6. The van der Waals surface area contributed by atoms with Gasteiger partial charge in [-0.25, -0.2) is 15.0 Å². The van der Waals surface area contributed by atoms with E-state index in [0.717, 1.165) is 44.2 Å². The van der Waals surface area contributed by atoms with E-state index < -0.39 is 0 Å². The average molecular weight is 824 g/mol. The van der Waals surface area contributed by atoms with E-state index in [9.17, 15) is 0 Å². The van der Waals surface area contributed by atoms with Gasteiger partial charge in [0, 0.05) is 32.7 Å². The topological polar surface area (TPSA) is 51.8 Å². The van der Waals surface area contributed by atoms with Gasteiger partial charge in [-0.05, 0) is 110 Å². The van der Waals surface area contributed by atoms with Crippen molar-refractivity contribution in [3.05, 3.63) is 198 Å². The van der Waals surface area contributed by atoms with Crippen molar-refractivity contribution in [1.29, 1.82) is 0 Å². The molecule has 0 radical (unpaired) electrons. The van der Waals surface area contributed by atoms with Crippen LogP contribution < -0.4 is 0 Å². The molecule has 2 heterocycles. The lowest BCUT2D eigenvalue weighted by Gasteiger charge is -2.36. The minimum atomic E-state index is -0.0706. The summed E-state index contributed by atoms with van der Waals surface area (Å²) in [5.41, 5.74) is 20.6. The van der Waals surface area contributed by atoms with E-state index in [1.54, 1.807) is 0 Å². The Morgan fingerprint density at radius 1 is 0.391 bits per heavy atom. The van der Waals surface area contributed by atoms with Crippen LogP contribution in [0.1, 0.15) is 68.2 Å². The summed E-state index contributed by atoms with van der Waals surface area (Å²) < 4.78 is 6.83. The van der Waals surface area contributed by atoms with Crippen LogP contribution in [-0.2, 0) is 10.8 Å². The molecule has 0 unspecified atom stereocenters. The van der Waals surface area contributed by atoms with Crippen molar-refractivity contribution in [1.82, 2.24) is 15.0 Å². The zero-order valence-electron chi connectivity index (χ0n) is 36.0. The third-order valence-electron chi connectivity index (χ3n) is 14.8. The molecular weight excluding hydrogens is 779 g/mol. The SMILES string of the molecule is CC1(C)c2ccccc2-c2cc3c(cc21)-c1c(-c2ccc4oc5c(-c6nc(-c7ccccc7)nc(-c7ccc(-c8ccccc8)cc7)n6)cccc5c4c2)cccc1C31CCCCC1. The predicted octanol–water partition coefficient (Wildman–Crippen LogP) is 15.6. The molecule has 4 nitrogen and oxygen atoms in total. The van der Waals surface area contributed by atoms with Gasteiger partial charge in [0.1, 0.15) is 11.2 Å². The van der Waals surface area contributed by atoms with Crippen molar-refractivity contribution in [3.63, 3.8) is 0 Å². The summed E-state index contributed by atoms with van der Waals surface area (Å²) in [5.74, 6) is 1.81. The second-order valence-corrected chi connectivity index (χ2v) is 18.6. The lowest BCUT2D eigenvalue weighted by atomic mass is 9.67. The van der Waals surface area contributed by atoms with Gasteiger partial charge in [-0.15, -0.1) is 0 Å². The van der Waals surface area contributed by atoms with Gasteiger partial charge in [-0.1, -0.05) is 179 Å². The van der Waals surface area contributed by atoms with Gasteiger partial charge in [-0.2, -0.15) is 0 Å². The highest BCUT2D eigenvalue weighted by Gasteiger charge is 2.47. The summed E-state index contributed by atoms with van der Waals surface area (Å²) in [4.78, 5) is 15.3. The Morgan fingerprint density at radius 2 is 0.969 bits per heavy atom. The van der Waals surface area contributed by atoms with Crippen molar-refractivity contribution in [2.24, 2.45) is 0 Å². The first-order valence-electron chi connectivity index (χ1n) is 22.8. The molecule has 3 aliphatic rings. The highest BCUT2D eigenvalue weighted by Crippen LogP contribution is 2.61. The van der Waals surface area contributed by atoms with E-state index in [2.05, 4.69) is 153 Å². The van der Waals surface area contributed by atoms with Gasteiger partial charge in [-0.3, -0.25) is 0 Å². The van der Waals surface area contributed by atoms with Gasteiger partial charge in [0.25, 0.3) is 0 Å². The van der Waals surface area contributed by atoms with Crippen molar-refractivity contribution >= 4 is 21.9 Å². The molecule has 4 heteroatoms. The maximum atomic E-state index is 6.83. The molecule has 0 atom stereocenters. The van der Waals surface area contributed by atoms with E-state index >= 15 is 0 Å². The lowest BCUT2D eigenvalue weighted by Crippen LogP contribution is -2.28. The van der Waals surface area contributed by atoms with Crippen LogP contribution in [-0.4, -0.2) is 15.0 Å². The van der Waals surface area contributed by atoms with E-state index in [1.807, 2.05) is 36.4 Å². The second-order valence-electron chi connectivity index (χ2n) is 18.6. The summed E-state index contributed by atoms with van der Waals surface area (Å²) >= 11 is 0. The quantitative estimate of drug-likeness (QED) is 0.173. The van der Waals surface area contributed by atoms with E-state index in [4.69, 9.17) is 19.4 Å². The molecule has 8 aromatic carbocycles. The largest absolute Gasteiger partial charge is 0.455 e. The summed E-state index contributed by atoms with van der Waals surface area (Å²) in [6.45, 7) is 4.80. The van der Waals surface area contributed by atoms with Crippen LogP contribution in [0, 0.1) is 0 Å². The van der Waals surface area contributed by atoms with Crippen molar-refractivity contribution in [2.75, 3.05) is 0 Å². The van der Waals surface area contributed by atoms with Crippen LogP contribution in [0.4, 0.5) is 0 Å². The minimum Gasteiger partial charge on any atom is -0.455 e. The maximum Gasteiger partial charge on any atom is 0.167 e. The number of para-hydroxylation sites is 1. The van der Waals surface area contributed by atoms with Crippen LogP contribution in [0.25, 0.3) is 101 Å². The Morgan fingerprint density at radius 3 is 1.75 bits per heavy atom. The Hall–Kier alpha value is -7.43. The highest BCUT2D eigenvalue weighted by atomic mass is 16.3. The molecule has 1 saturated carbocycles. The molecule has 0 saturated heterocycles. The van der Waals surface area contributed by atoms with Crippen LogP contribution in [0.2, 0.25) is 0 Å². The molecule has 13 rings (SSSR count). The minimum absolute atomic E-state index is 0.0307. The van der Waals surface area contributed by atoms with Gasteiger partial charge >= 0.3 is 0 Å². The first kappa shape index (κ1) is 37.2. The fourth-order valence-corrected chi connectivity index (χ4v) is 11.6. The molecule has 0 N–H and O–H groups in total. The fourth-order valence-electron chi connectivity index (χ4n) is 11.6. The zero-order valence-corrected chi connectivity index (χ0v) is 36.0. The molecule has 1 spiro atoms. The van der Waals surface area contributed by atoms with Crippen LogP contribution >= 0.6 is 0 Å². The van der Waals surface area contributed by atoms with Gasteiger partial charge in [0.15, 0.2) is 17.5 Å². The summed E-state index contributed by atoms with van der Waals surface area (Å²) in [6.07, 6.45) is 6.21. The predicted molar refractivity (Wildman–Crippen MR) is 261 cm³/mol. The molecule has 0 amide bonds. The number of furan rings is 1. The van der Waals surface area contributed by atoms with Crippen LogP contribution in [0.3, 0.4) is 0 Å².